The summed E-state index contributed by atoms with van der Waals surface area (Å²) in [7, 11) is 0. The summed E-state index contributed by atoms with van der Waals surface area (Å²) in [5.41, 5.74) is 0.931. The lowest BCUT2D eigenvalue weighted by Crippen LogP contribution is -2.37. The third-order valence-corrected chi connectivity index (χ3v) is 5.34. The number of nitrogens with zero attached hydrogens (tertiary/aromatic N) is 1. The number of amides is 1. The zero-order valence-corrected chi connectivity index (χ0v) is 13.7. The van der Waals surface area contributed by atoms with Crippen LogP contribution in [0.2, 0.25) is 0 Å². The zero-order chi connectivity index (χ0) is 15.5. The highest BCUT2D eigenvalue weighted by atomic mass is 32.2. The van der Waals surface area contributed by atoms with E-state index in [1.54, 1.807) is 18.3 Å². The summed E-state index contributed by atoms with van der Waals surface area (Å²) >= 11 is 2.88. The summed E-state index contributed by atoms with van der Waals surface area (Å²) in [6, 6.07) is 8.11. The molecular weight excluding hydrogens is 320 g/mol. The number of benzene rings is 1. The monoisotopic (exact) mass is 336 g/mol. The number of hydrogen-bond donors (Lipinski definition) is 1. The van der Waals surface area contributed by atoms with Gasteiger partial charge in [0, 0.05) is 6.04 Å². The highest BCUT2D eigenvalue weighted by molar-refractivity contribution is 8.01. The van der Waals surface area contributed by atoms with Gasteiger partial charge in [-0.15, -0.1) is 11.3 Å². The van der Waals surface area contributed by atoms with Crippen LogP contribution in [0, 0.1) is 0 Å². The van der Waals surface area contributed by atoms with Gasteiger partial charge in [0.2, 0.25) is 0 Å². The average molecular weight is 336 g/mol. The van der Waals surface area contributed by atoms with Gasteiger partial charge in [-0.2, -0.15) is 0 Å². The minimum atomic E-state index is -0.746. The molecule has 1 amide bonds. The van der Waals surface area contributed by atoms with Crippen LogP contribution in [-0.4, -0.2) is 34.8 Å². The molecule has 1 heterocycles. The van der Waals surface area contributed by atoms with E-state index >= 15 is 0 Å². The Morgan fingerprint density at radius 2 is 2.23 bits per heavy atom. The number of aromatic nitrogens is 1. The Balaban J connectivity index is 1.47. The van der Waals surface area contributed by atoms with Gasteiger partial charge in [0.15, 0.2) is 10.4 Å². The molecule has 22 heavy (non-hydrogen) atoms. The lowest BCUT2D eigenvalue weighted by atomic mass is 10.3. The van der Waals surface area contributed by atoms with E-state index in [4.69, 9.17) is 4.74 Å². The molecule has 1 aliphatic carbocycles. The number of fused-ring (bicyclic) bond motifs is 1. The van der Waals surface area contributed by atoms with Crippen LogP contribution in [0.4, 0.5) is 0 Å². The van der Waals surface area contributed by atoms with E-state index in [0.717, 1.165) is 27.4 Å². The fraction of sp³-hybridized carbons (Fsp3) is 0.400. The minimum absolute atomic E-state index is 0.154. The Morgan fingerprint density at radius 1 is 1.45 bits per heavy atom. The Labute approximate surface area is 136 Å². The van der Waals surface area contributed by atoms with Crippen molar-refractivity contribution in [2.75, 3.05) is 5.75 Å². The van der Waals surface area contributed by atoms with Gasteiger partial charge in [0.05, 0.1) is 16.0 Å². The summed E-state index contributed by atoms with van der Waals surface area (Å²) in [6.45, 7) is 1.60. The molecule has 1 atom stereocenters. The number of thioether (sulfide) groups is 1. The van der Waals surface area contributed by atoms with Crippen LogP contribution in [0.1, 0.15) is 19.8 Å². The number of hydrogen-bond acceptors (Lipinski definition) is 6. The number of para-hydroxylation sites is 1. The normalized spacial score (nSPS) is 15.5. The number of esters is 1. The molecule has 1 saturated carbocycles. The Bertz CT molecular complexity index is 664. The number of nitrogens with one attached hydrogen (secondary N) is 1. The molecule has 5 nitrogen and oxygen atoms in total. The van der Waals surface area contributed by atoms with Gasteiger partial charge in [-0.25, -0.2) is 4.98 Å². The summed E-state index contributed by atoms with van der Waals surface area (Å²) in [6.07, 6.45) is 1.28. The molecule has 0 aliphatic heterocycles. The van der Waals surface area contributed by atoms with E-state index < -0.39 is 12.1 Å². The van der Waals surface area contributed by atoms with Gasteiger partial charge >= 0.3 is 5.97 Å². The second-order valence-corrected chi connectivity index (χ2v) is 7.40. The predicted octanol–water partition coefficient (Wildman–Crippen LogP) is 2.60. The van der Waals surface area contributed by atoms with E-state index in [-0.39, 0.29) is 17.7 Å². The smallest absolute Gasteiger partial charge is 0.317 e. The van der Waals surface area contributed by atoms with Crippen LogP contribution < -0.4 is 5.32 Å². The Morgan fingerprint density at radius 3 is 2.95 bits per heavy atom. The number of rotatable bonds is 6. The molecule has 0 unspecified atom stereocenters. The van der Waals surface area contributed by atoms with Crippen LogP contribution in [-0.2, 0) is 14.3 Å². The second-order valence-electron chi connectivity index (χ2n) is 5.15. The molecule has 1 aromatic carbocycles. The lowest BCUT2D eigenvalue weighted by molar-refractivity contribution is -0.152. The predicted molar refractivity (Wildman–Crippen MR) is 87.1 cm³/mol. The molecule has 116 valence electrons. The average Bonchev–Trinajstić information content (AvgIpc) is 3.21. The van der Waals surface area contributed by atoms with Gasteiger partial charge < -0.3 is 10.1 Å². The highest BCUT2D eigenvalue weighted by Crippen LogP contribution is 2.29. The highest BCUT2D eigenvalue weighted by Gasteiger charge is 2.27. The quantitative estimate of drug-likeness (QED) is 0.649. The summed E-state index contributed by atoms with van der Waals surface area (Å²) in [5.74, 6) is -0.468. The Hall–Kier alpha value is -1.60. The van der Waals surface area contributed by atoms with Crippen molar-refractivity contribution in [2.24, 2.45) is 0 Å². The molecule has 0 bridgehead atoms. The maximum atomic E-state index is 11.8. The van der Waals surface area contributed by atoms with Gasteiger partial charge in [0.1, 0.15) is 0 Å². The summed E-state index contributed by atoms with van der Waals surface area (Å²) < 4.78 is 7.06. The molecule has 0 saturated heterocycles. The van der Waals surface area contributed by atoms with Crippen molar-refractivity contribution in [3.63, 3.8) is 0 Å². The molecule has 1 fully saturated rings. The molecule has 0 radical (unpaired) electrons. The molecule has 0 spiro atoms. The number of carbonyl (C=O) groups is 2. The first-order chi connectivity index (χ1) is 10.6. The standard InChI is InChI=1S/C15H16N2O3S2/c1-9(14(19)16-10-6-7-10)20-13(18)8-21-15-17-11-4-2-3-5-12(11)22-15/h2-5,9-10H,6-8H2,1H3,(H,16,19)/t9-/m1/s1. The molecule has 2 aromatic rings. The molecule has 1 N–H and O–H groups in total. The number of carbonyl (C=O) groups excluding carboxylic acids is 2. The van der Waals surface area contributed by atoms with E-state index in [1.165, 1.54) is 11.8 Å². The van der Waals surface area contributed by atoms with E-state index in [2.05, 4.69) is 10.3 Å². The minimum Gasteiger partial charge on any atom is -0.452 e. The van der Waals surface area contributed by atoms with Crippen LogP contribution >= 0.6 is 23.1 Å². The SMILES string of the molecule is C[C@@H](OC(=O)CSc1nc2ccccc2s1)C(=O)NC1CC1. The summed E-state index contributed by atoms with van der Waals surface area (Å²) in [4.78, 5) is 28.0. The molecule has 3 rings (SSSR count). The van der Waals surface area contributed by atoms with Gasteiger partial charge in [-0.1, -0.05) is 23.9 Å². The molecule has 1 aromatic heterocycles. The maximum Gasteiger partial charge on any atom is 0.317 e. The Kier molecular flexibility index (Phi) is 4.63. The van der Waals surface area contributed by atoms with Crippen molar-refractivity contribution >= 4 is 45.2 Å². The first kappa shape index (κ1) is 15.3. The zero-order valence-electron chi connectivity index (χ0n) is 12.1. The first-order valence-electron chi connectivity index (χ1n) is 7.10. The topological polar surface area (TPSA) is 68.3 Å². The van der Waals surface area contributed by atoms with Crippen molar-refractivity contribution in [2.45, 2.75) is 36.3 Å². The van der Waals surface area contributed by atoms with Crippen LogP contribution in [0.15, 0.2) is 28.6 Å². The summed E-state index contributed by atoms with van der Waals surface area (Å²) in [5, 5.41) is 2.82. The van der Waals surface area contributed by atoms with Crippen molar-refractivity contribution < 1.29 is 14.3 Å². The number of ether oxygens (including phenoxy) is 1. The van der Waals surface area contributed by atoms with Crippen molar-refractivity contribution in [3.05, 3.63) is 24.3 Å². The van der Waals surface area contributed by atoms with E-state index in [1.807, 2.05) is 24.3 Å². The molecule has 1 aliphatic rings. The molecule has 7 heteroatoms. The first-order valence-corrected chi connectivity index (χ1v) is 8.90. The van der Waals surface area contributed by atoms with Gasteiger partial charge in [0.25, 0.3) is 5.91 Å². The van der Waals surface area contributed by atoms with E-state index in [0.29, 0.717) is 0 Å². The largest absolute Gasteiger partial charge is 0.452 e. The van der Waals surface area contributed by atoms with Crippen molar-refractivity contribution in [1.29, 1.82) is 0 Å². The van der Waals surface area contributed by atoms with Crippen LogP contribution in [0.25, 0.3) is 10.2 Å². The van der Waals surface area contributed by atoms with Crippen LogP contribution in [0.5, 0.6) is 0 Å². The van der Waals surface area contributed by atoms with Crippen molar-refractivity contribution in [1.82, 2.24) is 10.3 Å². The van der Waals surface area contributed by atoms with E-state index in [9.17, 15) is 9.59 Å². The molecular formula is C15H16N2O3S2. The van der Waals surface area contributed by atoms with Gasteiger partial charge in [-0.05, 0) is 31.9 Å². The van der Waals surface area contributed by atoms with Crippen LogP contribution in [0.3, 0.4) is 0 Å². The lowest BCUT2D eigenvalue weighted by Gasteiger charge is -2.12. The maximum absolute atomic E-state index is 11.8. The third kappa shape index (κ3) is 3.98. The third-order valence-electron chi connectivity index (χ3n) is 3.19. The number of thiazole rings is 1. The van der Waals surface area contributed by atoms with Crippen molar-refractivity contribution in [3.8, 4) is 0 Å². The van der Waals surface area contributed by atoms with Gasteiger partial charge in [-0.3, -0.25) is 9.59 Å². The fourth-order valence-corrected chi connectivity index (χ4v) is 3.72. The second kappa shape index (κ2) is 6.66. The fourth-order valence-electron chi connectivity index (χ4n) is 1.86.